The first kappa shape index (κ1) is 12.6. The second kappa shape index (κ2) is 6.18. The van der Waals surface area contributed by atoms with Gasteiger partial charge in [0.05, 0.1) is 17.9 Å². The molecule has 6 heteroatoms. The molecule has 19 heavy (non-hydrogen) atoms. The maximum absolute atomic E-state index is 12.0. The maximum atomic E-state index is 12.0. The molecule has 1 aromatic carbocycles. The van der Waals surface area contributed by atoms with Crippen LogP contribution < -0.4 is 5.32 Å². The van der Waals surface area contributed by atoms with Gasteiger partial charge < -0.3 is 5.32 Å². The Kier molecular flexibility index (Phi) is 4.10. The highest BCUT2D eigenvalue weighted by molar-refractivity contribution is 5.98. The Bertz CT molecular complexity index is 620. The van der Waals surface area contributed by atoms with Crippen molar-refractivity contribution in [1.29, 1.82) is 0 Å². The number of carbonyl (C=O) groups is 1. The smallest absolute Gasteiger partial charge is 0.252 e. The van der Waals surface area contributed by atoms with E-state index in [1.165, 1.54) is 0 Å². The third-order valence-electron chi connectivity index (χ3n) is 2.46. The zero-order valence-electron chi connectivity index (χ0n) is 10.0. The van der Waals surface area contributed by atoms with E-state index in [2.05, 4.69) is 20.3 Å². The highest BCUT2D eigenvalue weighted by Crippen LogP contribution is 2.18. The minimum absolute atomic E-state index is 0.298. The number of hydrogen-bond donors (Lipinski definition) is 1. The zero-order valence-corrected chi connectivity index (χ0v) is 10.0. The van der Waals surface area contributed by atoms with Crippen LogP contribution in [0.2, 0.25) is 0 Å². The second-order valence-electron chi connectivity index (χ2n) is 3.71. The van der Waals surface area contributed by atoms with E-state index in [1.54, 1.807) is 30.5 Å². The Morgan fingerprint density at radius 2 is 2.05 bits per heavy atom. The van der Waals surface area contributed by atoms with Gasteiger partial charge in [0.2, 0.25) is 0 Å². The molecule has 2 aromatic rings. The number of hydrogen-bond acceptors (Lipinski definition) is 3. The number of carbonyl (C=O) groups excluding carboxylic acids is 1. The molecule has 0 aliphatic carbocycles. The first-order valence-corrected chi connectivity index (χ1v) is 5.63. The van der Waals surface area contributed by atoms with Crippen molar-refractivity contribution in [2.75, 3.05) is 0 Å². The molecule has 0 fully saturated rings. The lowest BCUT2D eigenvalue weighted by molar-refractivity contribution is 0.0951. The van der Waals surface area contributed by atoms with Gasteiger partial charge >= 0.3 is 0 Å². The quantitative estimate of drug-likeness (QED) is 0.515. The van der Waals surface area contributed by atoms with E-state index in [1.807, 2.05) is 18.2 Å². The minimum atomic E-state index is -0.298. The van der Waals surface area contributed by atoms with Gasteiger partial charge in [-0.3, -0.25) is 9.78 Å². The molecule has 1 amide bonds. The summed E-state index contributed by atoms with van der Waals surface area (Å²) in [6.45, 7) is 0.324. The summed E-state index contributed by atoms with van der Waals surface area (Å²) in [6, 6.07) is 12.1. The van der Waals surface area contributed by atoms with Gasteiger partial charge in [0.25, 0.3) is 5.91 Å². The Balaban J connectivity index is 2.10. The molecule has 0 saturated carbocycles. The van der Waals surface area contributed by atoms with Crippen LogP contribution in [0, 0.1) is 0 Å². The zero-order chi connectivity index (χ0) is 13.5. The number of nitrogens with zero attached hydrogens (tertiary/aromatic N) is 4. The molecule has 0 unspecified atom stereocenters. The lowest BCUT2D eigenvalue weighted by atomic mass is 10.1. The molecule has 0 saturated heterocycles. The van der Waals surface area contributed by atoms with Crippen LogP contribution in [0.25, 0.3) is 10.4 Å². The summed E-state index contributed by atoms with van der Waals surface area (Å²) in [6.07, 6.45) is 1.66. The number of rotatable bonds is 4. The molecule has 1 aromatic heterocycles. The lowest BCUT2D eigenvalue weighted by Gasteiger charge is -2.06. The van der Waals surface area contributed by atoms with Crippen molar-refractivity contribution in [3.8, 4) is 0 Å². The fraction of sp³-hybridized carbons (Fsp3) is 0.0769. The molecule has 0 spiro atoms. The highest BCUT2D eigenvalue weighted by Gasteiger charge is 2.09. The van der Waals surface area contributed by atoms with Crippen LogP contribution in [0.15, 0.2) is 53.8 Å². The molecule has 0 radical (unpaired) electrons. The molecule has 0 atom stereocenters. The molecule has 1 heterocycles. The molecular weight excluding hydrogens is 242 g/mol. The number of aromatic nitrogens is 1. The molecule has 94 valence electrons. The van der Waals surface area contributed by atoms with Crippen molar-refractivity contribution in [2.45, 2.75) is 6.54 Å². The third kappa shape index (κ3) is 3.31. The van der Waals surface area contributed by atoms with Crippen molar-refractivity contribution in [1.82, 2.24) is 10.3 Å². The fourth-order valence-corrected chi connectivity index (χ4v) is 1.57. The predicted octanol–water partition coefficient (Wildman–Crippen LogP) is 2.95. The normalized spacial score (nSPS) is 9.47. The first-order chi connectivity index (χ1) is 9.31. The van der Waals surface area contributed by atoms with Crippen molar-refractivity contribution in [3.63, 3.8) is 0 Å². The Hall–Kier alpha value is -2.85. The molecule has 2 rings (SSSR count). The van der Waals surface area contributed by atoms with Gasteiger partial charge in [0, 0.05) is 16.7 Å². The van der Waals surface area contributed by atoms with Crippen LogP contribution >= 0.6 is 0 Å². The van der Waals surface area contributed by atoms with Crippen LogP contribution in [0.3, 0.4) is 0 Å². The maximum Gasteiger partial charge on any atom is 0.252 e. The summed E-state index contributed by atoms with van der Waals surface area (Å²) in [5.74, 6) is -0.298. The van der Waals surface area contributed by atoms with Crippen molar-refractivity contribution in [2.24, 2.45) is 5.11 Å². The Morgan fingerprint density at radius 3 is 2.79 bits per heavy atom. The van der Waals surface area contributed by atoms with Crippen molar-refractivity contribution in [3.05, 3.63) is 70.4 Å². The number of benzene rings is 1. The largest absolute Gasteiger partial charge is 0.346 e. The SMILES string of the molecule is [N-]=[N+]=Nc1ccccc1C(=O)NCc1ccccn1. The molecule has 6 nitrogen and oxygen atoms in total. The summed E-state index contributed by atoms with van der Waals surface area (Å²) >= 11 is 0. The first-order valence-electron chi connectivity index (χ1n) is 5.63. The van der Waals surface area contributed by atoms with E-state index in [9.17, 15) is 4.79 Å². The van der Waals surface area contributed by atoms with Gasteiger partial charge in [-0.2, -0.15) is 0 Å². The van der Waals surface area contributed by atoms with Crippen LogP contribution in [0.4, 0.5) is 5.69 Å². The van der Waals surface area contributed by atoms with Crippen molar-refractivity contribution >= 4 is 11.6 Å². The van der Waals surface area contributed by atoms with Crippen molar-refractivity contribution < 1.29 is 4.79 Å². The average molecular weight is 253 g/mol. The summed E-state index contributed by atoms with van der Waals surface area (Å²) in [7, 11) is 0. The second-order valence-corrected chi connectivity index (χ2v) is 3.71. The molecule has 0 aliphatic rings. The van der Waals surface area contributed by atoms with Gasteiger partial charge in [-0.05, 0) is 23.7 Å². The number of pyridine rings is 1. The van der Waals surface area contributed by atoms with Crippen LogP contribution in [0.5, 0.6) is 0 Å². The molecule has 0 aliphatic heterocycles. The predicted molar refractivity (Wildman–Crippen MR) is 70.7 cm³/mol. The Morgan fingerprint density at radius 1 is 1.26 bits per heavy atom. The molecule has 1 N–H and O–H groups in total. The minimum Gasteiger partial charge on any atom is -0.346 e. The van der Waals surface area contributed by atoms with E-state index >= 15 is 0 Å². The molecular formula is C13H11N5O. The average Bonchev–Trinajstić information content (AvgIpc) is 2.47. The number of azide groups is 1. The van der Waals surface area contributed by atoms with E-state index in [4.69, 9.17) is 5.53 Å². The molecule has 0 bridgehead atoms. The third-order valence-corrected chi connectivity index (χ3v) is 2.46. The van der Waals surface area contributed by atoms with E-state index in [-0.39, 0.29) is 5.91 Å². The van der Waals surface area contributed by atoms with Gasteiger partial charge in [-0.25, -0.2) is 0 Å². The number of amides is 1. The summed E-state index contributed by atoms with van der Waals surface area (Å²) < 4.78 is 0. The summed E-state index contributed by atoms with van der Waals surface area (Å²) in [5.41, 5.74) is 9.86. The Labute approximate surface area is 109 Å². The summed E-state index contributed by atoms with van der Waals surface area (Å²) in [4.78, 5) is 18.8. The van der Waals surface area contributed by atoms with Gasteiger partial charge in [0.15, 0.2) is 0 Å². The van der Waals surface area contributed by atoms with Crippen LogP contribution in [-0.2, 0) is 6.54 Å². The highest BCUT2D eigenvalue weighted by atomic mass is 16.1. The van der Waals surface area contributed by atoms with E-state index in [0.29, 0.717) is 17.8 Å². The fourth-order valence-electron chi connectivity index (χ4n) is 1.57. The number of nitrogens with one attached hydrogen (secondary N) is 1. The van der Waals surface area contributed by atoms with Crippen LogP contribution in [0.1, 0.15) is 16.1 Å². The van der Waals surface area contributed by atoms with E-state index < -0.39 is 0 Å². The van der Waals surface area contributed by atoms with E-state index in [0.717, 1.165) is 5.69 Å². The van der Waals surface area contributed by atoms with Gasteiger partial charge in [0.1, 0.15) is 0 Å². The van der Waals surface area contributed by atoms with Gasteiger partial charge in [-0.15, -0.1) is 0 Å². The standard InChI is InChI=1S/C13H11N5O/c14-18-17-12-7-2-1-6-11(12)13(19)16-9-10-5-3-4-8-15-10/h1-8H,9H2,(H,16,19). The monoisotopic (exact) mass is 253 g/mol. The summed E-state index contributed by atoms with van der Waals surface area (Å²) in [5, 5.41) is 6.22. The lowest BCUT2D eigenvalue weighted by Crippen LogP contribution is -2.23. The topological polar surface area (TPSA) is 90.8 Å². The van der Waals surface area contributed by atoms with Gasteiger partial charge in [-0.1, -0.05) is 29.4 Å². The van der Waals surface area contributed by atoms with Crippen LogP contribution in [-0.4, -0.2) is 10.9 Å².